The van der Waals surface area contributed by atoms with Crippen molar-refractivity contribution in [2.45, 2.75) is 19.9 Å². The first kappa shape index (κ1) is 13.8. The van der Waals surface area contributed by atoms with Crippen molar-refractivity contribution in [3.63, 3.8) is 0 Å². The standard InChI is InChI=1S/C16H18ClNO/c1-2-9-19-16-8-3-5-13(10-16)12-18-15-7-4-6-14(17)11-15/h3-8,10-11,18H,2,9,12H2,1H3. The van der Waals surface area contributed by atoms with Crippen molar-refractivity contribution in [1.82, 2.24) is 0 Å². The third kappa shape index (κ3) is 4.49. The minimum atomic E-state index is 0.741. The van der Waals surface area contributed by atoms with Crippen LogP contribution < -0.4 is 10.1 Å². The molecule has 0 spiro atoms. The second-order valence-corrected chi connectivity index (χ2v) is 4.80. The van der Waals surface area contributed by atoms with Crippen LogP contribution in [0, 0.1) is 0 Å². The Morgan fingerprint density at radius 1 is 1.11 bits per heavy atom. The lowest BCUT2D eigenvalue weighted by Gasteiger charge is -2.09. The molecule has 0 atom stereocenters. The van der Waals surface area contributed by atoms with Gasteiger partial charge in [0.25, 0.3) is 0 Å². The van der Waals surface area contributed by atoms with E-state index < -0.39 is 0 Å². The summed E-state index contributed by atoms with van der Waals surface area (Å²) in [4.78, 5) is 0. The topological polar surface area (TPSA) is 21.3 Å². The number of benzene rings is 2. The van der Waals surface area contributed by atoms with Crippen molar-refractivity contribution in [2.24, 2.45) is 0 Å². The zero-order chi connectivity index (χ0) is 13.5. The lowest BCUT2D eigenvalue weighted by molar-refractivity contribution is 0.317. The van der Waals surface area contributed by atoms with Crippen LogP contribution in [-0.2, 0) is 6.54 Å². The van der Waals surface area contributed by atoms with Gasteiger partial charge in [-0.25, -0.2) is 0 Å². The molecule has 2 aromatic carbocycles. The average molecular weight is 276 g/mol. The molecule has 19 heavy (non-hydrogen) atoms. The van der Waals surface area contributed by atoms with Crippen LogP contribution in [-0.4, -0.2) is 6.61 Å². The van der Waals surface area contributed by atoms with E-state index in [1.807, 2.05) is 36.4 Å². The van der Waals surface area contributed by atoms with Gasteiger partial charge >= 0.3 is 0 Å². The largest absolute Gasteiger partial charge is 0.494 e. The van der Waals surface area contributed by atoms with Crippen LogP contribution in [0.25, 0.3) is 0 Å². The van der Waals surface area contributed by atoms with Crippen LogP contribution in [0.5, 0.6) is 5.75 Å². The lowest BCUT2D eigenvalue weighted by atomic mass is 10.2. The highest BCUT2D eigenvalue weighted by molar-refractivity contribution is 6.30. The molecule has 0 radical (unpaired) electrons. The Kier molecular flexibility index (Phi) is 5.10. The molecule has 1 N–H and O–H groups in total. The molecule has 0 bridgehead atoms. The molecule has 0 aliphatic heterocycles. The summed E-state index contributed by atoms with van der Waals surface area (Å²) in [6, 6.07) is 15.9. The van der Waals surface area contributed by atoms with Gasteiger partial charge in [-0.2, -0.15) is 0 Å². The zero-order valence-corrected chi connectivity index (χ0v) is 11.8. The molecule has 2 aromatic rings. The van der Waals surface area contributed by atoms with E-state index in [-0.39, 0.29) is 0 Å². The van der Waals surface area contributed by atoms with Gasteiger partial charge in [0.05, 0.1) is 6.61 Å². The minimum Gasteiger partial charge on any atom is -0.494 e. The van der Waals surface area contributed by atoms with E-state index in [0.29, 0.717) is 0 Å². The summed E-state index contributed by atoms with van der Waals surface area (Å²) < 4.78 is 5.62. The Bertz CT molecular complexity index is 528. The van der Waals surface area contributed by atoms with Crippen molar-refractivity contribution < 1.29 is 4.74 Å². The van der Waals surface area contributed by atoms with E-state index in [1.165, 1.54) is 5.56 Å². The minimum absolute atomic E-state index is 0.741. The fourth-order valence-electron chi connectivity index (χ4n) is 1.77. The van der Waals surface area contributed by atoms with Crippen LogP contribution in [0.4, 0.5) is 5.69 Å². The predicted octanol–water partition coefficient (Wildman–Crippen LogP) is 4.74. The number of hydrogen-bond acceptors (Lipinski definition) is 2. The molecule has 100 valence electrons. The molecule has 0 saturated heterocycles. The summed E-state index contributed by atoms with van der Waals surface area (Å²) in [7, 11) is 0. The average Bonchev–Trinajstić information content (AvgIpc) is 2.43. The first-order valence-corrected chi connectivity index (χ1v) is 6.87. The molecular weight excluding hydrogens is 258 g/mol. The van der Waals surface area contributed by atoms with Gasteiger partial charge in [-0.3, -0.25) is 0 Å². The third-order valence-electron chi connectivity index (χ3n) is 2.69. The molecule has 0 fully saturated rings. The highest BCUT2D eigenvalue weighted by Crippen LogP contribution is 2.18. The Labute approximate surface area is 119 Å². The van der Waals surface area contributed by atoms with E-state index in [9.17, 15) is 0 Å². The zero-order valence-electron chi connectivity index (χ0n) is 11.0. The number of ether oxygens (including phenoxy) is 1. The first-order chi connectivity index (χ1) is 9.28. The van der Waals surface area contributed by atoms with Crippen LogP contribution in [0.2, 0.25) is 5.02 Å². The number of halogens is 1. The second-order valence-electron chi connectivity index (χ2n) is 4.36. The summed E-state index contributed by atoms with van der Waals surface area (Å²) in [5.74, 6) is 0.923. The second kappa shape index (κ2) is 7.05. The summed E-state index contributed by atoms with van der Waals surface area (Å²) in [5.41, 5.74) is 2.21. The fraction of sp³-hybridized carbons (Fsp3) is 0.250. The Morgan fingerprint density at radius 3 is 2.74 bits per heavy atom. The molecule has 0 saturated carbocycles. The molecular formula is C16H18ClNO. The molecule has 0 aromatic heterocycles. The molecule has 0 aliphatic carbocycles. The van der Waals surface area contributed by atoms with Gasteiger partial charge in [-0.15, -0.1) is 0 Å². The van der Waals surface area contributed by atoms with Crippen molar-refractivity contribution >= 4 is 17.3 Å². The van der Waals surface area contributed by atoms with E-state index in [0.717, 1.165) is 36.0 Å². The summed E-state index contributed by atoms with van der Waals surface area (Å²) in [5, 5.41) is 4.09. The maximum atomic E-state index is 5.95. The van der Waals surface area contributed by atoms with Crippen LogP contribution >= 0.6 is 11.6 Å². The third-order valence-corrected chi connectivity index (χ3v) is 2.93. The van der Waals surface area contributed by atoms with Gasteiger partial charge in [0.15, 0.2) is 0 Å². The monoisotopic (exact) mass is 275 g/mol. The van der Waals surface area contributed by atoms with Crippen molar-refractivity contribution in [1.29, 1.82) is 0 Å². The Balaban J connectivity index is 1.95. The van der Waals surface area contributed by atoms with Crippen molar-refractivity contribution in [3.05, 3.63) is 59.1 Å². The van der Waals surface area contributed by atoms with Gasteiger partial charge in [-0.05, 0) is 42.3 Å². The Morgan fingerprint density at radius 2 is 1.95 bits per heavy atom. The molecule has 3 heteroatoms. The van der Waals surface area contributed by atoms with Crippen molar-refractivity contribution in [3.8, 4) is 5.75 Å². The van der Waals surface area contributed by atoms with Crippen LogP contribution in [0.3, 0.4) is 0 Å². The van der Waals surface area contributed by atoms with E-state index in [2.05, 4.69) is 24.4 Å². The predicted molar refractivity (Wildman–Crippen MR) is 81.0 cm³/mol. The van der Waals surface area contributed by atoms with E-state index in [1.54, 1.807) is 0 Å². The molecule has 2 nitrogen and oxygen atoms in total. The first-order valence-electron chi connectivity index (χ1n) is 6.49. The summed E-state index contributed by atoms with van der Waals surface area (Å²) in [6.07, 6.45) is 1.02. The van der Waals surface area contributed by atoms with Gasteiger partial charge < -0.3 is 10.1 Å². The Hall–Kier alpha value is -1.67. The van der Waals surface area contributed by atoms with Gasteiger partial charge in [0.1, 0.15) is 5.75 Å². The molecule has 0 amide bonds. The van der Waals surface area contributed by atoms with Crippen molar-refractivity contribution in [2.75, 3.05) is 11.9 Å². The quantitative estimate of drug-likeness (QED) is 0.822. The molecule has 0 unspecified atom stereocenters. The molecule has 0 heterocycles. The van der Waals surface area contributed by atoms with Crippen LogP contribution in [0.1, 0.15) is 18.9 Å². The van der Waals surface area contributed by atoms with Gasteiger partial charge in [-0.1, -0.05) is 36.7 Å². The number of rotatable bonds is 6. The fourth-order valence-corrected chi connectivity index (χ4v) is 1.96. The normalized spacial score (nSPS) is 10.2. The van der Waals surface area contributed by atoms with Crippen LogP contribution in [0.15, 0.2) is 48.5 Å². The maximum absolute atomic E-state index is 5.95. The number of nitrogens with one attached hydrogen (secondary N) is 1. The van der Waals surface area contributed by atoms with Gasteiger partial charge in [0.2, 0.25) is 0 Å². The summed E-state index contributed by atoms with van der Waals surface area (Å²) >= 11 is 5.95. The highest BCUT2D eigenvalue weighted by atomic mass is 35.5. The maximum Gasteiger partial charge on any atom is 0.119 e. The summed E-state index contributed by atoms with van der Waals surface area (Å²) in [6.45, 7) is 3.61. The van der Waals surface area contributed by atoms with E-state index >= 15 is 0 Å². The number of hydrogen-bond donors (Lipinski definition) is 1. The smallest absolute Gasteiger partial charge is 0.119 e. The highest BCUT2D eigenvalue weighted by Gasteiger charge is 1.98. The van der Waals surface area contributed by atoms with Gasteiger partial charge in [0, 0.05) is 17.3 Å². The van der Waals surface area contributed by atoms with E-state index in [4.69, 9.17) is 16.3 Å². The number of anilines is 1. The molecule has 2 rings (SSSR count). The molecule has 0 aliphatic rings. The SMILES string of the molecule is CCCOc1cccc(CNc2cccc(Cl)c2)c1. The lowest BCUT2D eigenvalue weighted by Crippen LogP contribution is -2.00.